The first-order chi connectivity index (χ1) is 28.8. The van der Waals surface area contributed by atoms with Gasteiger partial charge in [-0.1, -0.05) is 162 Å². The molecule has 1 fully saturated rings. The van der Waals surface area contributed by atoms with E-state index in [9.17, 15) is 30.3 Å². The summed E-state index contributed by atoms with van der Waals surface area (Å²) in [7, 11) is 0. The summed E-state index contributed by atoms with van der Waals surface area (Å²) < 4.78 is 11.1. The highest BCUT2D eigenvalue weighted by molar-refractivity contribution is 5.76. The molecule has 0 aromatic rings. The Morgan fingerprint density at radius 1 is 0.593 bits per heavy atom. The number of unbranched alkanes of at least 4 members (excludes halogenated alkanes) is 12. The minimum atomic E-state index is -1.58. The molecule has 0 bridgehead atoms. The van der Waals surface area contributed by atoms with E-state index in [4.69, 9.17) is 9.47 Å². The standard InChI is InChI=1S/C50H83NO8/c1-3-5-7-9-11-13-14-15-16-17-18-19-20-21-22-23-24-25-26-27-28-29-30-32-34-36-38-40-46(54)51-43(44(53)39-37-35-33-31-12-10-8-6-4-2)42-58-50-49(57)48(56)47(55)45(41-52)59-50/h5,7,11-13,15-16,18-19,21-22,24-25,31,37,39,43-45,47-50,52-53,55-57H,3-4,6,8-10,14,17,20,23,26-30,32-36,38,40-42H2,1-2H3,(H,51,54)/b7-5-,13-11-,16-15-,19-18-,22-21-,25-24-,31-12+,39-37+. The average Bonchev–Trinajstić information content (AvgIpc) is 3.23. The molecule has 59 heavy (non-hydrogen) atoms. The van der Waals surface area contributed by atoms with Crippen LogP contribution in [0.4, 0.5) is 0 Å². The van der Waals surface area contributed by atoms with E-state index < -0.39 is 49.5 Å². The summed E-state index contributed by atoms with van der Waals surface area (Å²) in [6.07, 6.45) is 49.0. The maximum absolute atomic E-state index is 12.9. The van der Waals surface area contributed by atoms with Crippen molar-refractivity contribution in [2.24, 2.45) is 0 Å². The highest BCUT2D eigenvalue weighted by Crippen LogP contribution is 2.22. The highest BCUT2D eigenvalue weighted by Gasteiger charge is 2.44. The number of aliphatic hydroxyl groups excluding tert-OH is 5. The molecule has 0 saturated carbocycles. The number of rotatable bonds is 36. The molecule has 0 aliphatic carbocycles. The third kappa shape index (κ3) is 29.9. The van der Waals surface area contributed by atoms with E-state index >= 15 is 0 Å². The van der Waals surface area contributed by atoms with Crippen molar-refractivity contribution in [3.63, 3.8) is 0 Å². The first-order valence-corrected chi connectivity index (χ1v) is 23.0. The zero-order valence-electron chi connectivity index (χ0n) is 36.7. The van der Waals surface area contributed by atoms with E-state index in [1.165, 1.54) is 44.9 Å². The van der Waals surface area contributed by atoms with E-state index in [2.05, 4.69) is 104 Å². The molecule has 1 aliphatic heterocycles. The first-order valence-electron chi connectivity index (χ1n) is 23.0. The van der Waals surface area contributed by atoms with Gasteiger partial charge < -0.3 is 40.3 Å². The fraction of sp³-hybridized carbons (Fsp3) is 0.660. The summed E-state index contributed by atoms with van der Waals surface area (Å²) in [4.78, 5) is 12.9. The second-order valence-corrected chi connectivity index (χ2v) is 15.5. The van der Waals surface area contributed by atoms with Gasteiger partial charge in [-0.3, -0.25) is 4.79 Å². The number of carbonyl (C=O) groups is 1. The van der Waals surface area contributed by atoms with Gasteiger partial charge in [0, 0.05) is 6.42 Å². The third-order valence-electron chi connectivity index (χ3n) is 10.1. The predicted molar refractivity (Wildman–Crippen MR) is 244 cm³/mol. The Kier molecular flexibility index (Phi) is 36.0. The Morgan fingerprint density at radius 3 is 1.63 bits per heavy atom. The van der Waals surface area contributed by atoms with Crippen LogP contribution in [0.15, 0.2) is 97.2 Å². The van der Waals surface area contributed by atoms with Crippen LogP contribution in [0, 0.1) is 0 Å². The summed E-state index contributed by atoms with van der Waals surface area (Å²) in [6, 6.07) is -0.830. The van der Waals surface area contributed by atoms with Crippen LogP contribution in [0.3, 0.4) is 0 Å². The number of aliphatic hydroxyl groups is 5. The number of hydrogen-bond acceptors (Lipinski definition) is 8. The van der Waals surface area contributed by atoms with Crippen LogP contribution in [0.5, 0.6) is 0 Å². The lowest BCUT2D eigenvalue weighted by atomic mass is 9.99. The van der Waals surface area contributed by atoms with E-state index in [1.54, 1.807) is 6.08 Å². The van der Waals surface area contributed by atoms with Crippen LogP contribution in [0.2, 0.25) is 0 Å². The van der Waals surface area contributed by atoms with Crippen molar-refractivity contribution in [3.8, 4) is 0 Å². The lowest BCUT2D eigenvalue weighted by Crippen LogP contribution is -2.60. The van der Waals surface area contributed by atoms with Gasteiger partial charge in [0.15, 0.2) is 6.29 Å². The number of nitrogens with one attached hydrogen (secondary N) is 1. The number of ether oxygens (including phenoxy) is 2. The van der Waals surface area contributed by atoms with Crippen molar-refractivity contribution >= 4 is 5.91 Å². The van der Waals surface area contributed by atoms with Gasteiger partial charge in [-0.2, -0.15) is 0 Å². The smallest absolute Gasteiger partial charge is 0.220 e. The minimum Gasteiger partial charge on any atom is -0.394 e. The molecule has 1 aliphatic rings. The number of hydrogen-bond donors (Lipinski definition) is 6. The molecule has 1 amide bonds. The Labute approximate surface area is 358 Å². The second-order valence-electron chi connectivity index (χ2n) is 15.5. The Hall–Kier alpha value is -2.89. The molecule has 6 N–H and O–H groups in total. The molecule has 1 saturated heterocycles. The third-order valence-corrected chi connectivity index (χ3v) is 10.1. The maximum atomic E-state index is 12.9. The van der Waals surface area contributed by atoms with Gasteiger partial charge in [0.25, 0.3) is 0 Å². The van der Waals surface area contributed by atoms with Crippen LogP contribution in [0.25, 0.3) is 0 Å². The molecular formula is C50H83NO8. The van der Waals surface area contributed by atoms with Crippen molar-refractivity contribution in [1.29, 1.82) is 0 Å². The van der Waals surface area contributed by atoms with Crippen molar-refractivity contribution in [2.45, 2.75) is 198 Å². The van der Waals surface area contributed by atoms with Gasteiger partial charge >= 0.3 is 0 Å². The maximum Gasteiger partial charge on any atom is 0.220 e. The van der Waals surface area contributed by atoms with E-state index in [1.807, 2.05) is 6.08 Å². The molecule has 7 atom stereocenters. The van der Waals surface area contributed by atoms with Gasteiger partial charge in [-0.15, -0.1) is 0 Å². The quantitative estimate of drug-likeness (QED) is 0.0270. The Bertz CT molecular complexity index is 1240. The van der Waals surface area contributed by atoms with Crippen LogP contribution in [-0.4, -0.2) is 87.5 Å². The van der Waals surface area contributed by atoms with Gasteiger partial charge in [-0.25, -0.2) is 0 Å². The first kappa shape index (κ1) is 54.1. The van der Waals surface area contributed by atoms with Crippen molar-refractivity contribution in [3.05, 3.63) is 97.2 Å². The Balaban J connectivity index is 2.26. The molecule has 1 rings (SSSR count). The molecule has 0 radical (unpaired) electrons. The number of allylic oxidation sites excluding steroid dienone is 15. The highest BCUT2D eigenvalue weighted by atomic mass is 16.7. The summed E-state index contributed by atoms with van der Waals surface area (Å²) in [5.74, 6) is -0.204. The number of carbonyl (C=O) groups excluding carboxylic acids is 1. The predicted octanol–water partition coefficient (Wildman–Crippen LogP) is 9.72. The van der Waals surface area contributed by atoms with Crippen molar-refractivity contribution in [1.82, 2.24) is 5.32 Å². The molecule has 9 heteroatoms. The molecular weight excluding hydrogens is 743 g/mol. The van der Waals surface area contributed by atoms with E-state index in [0.29, 0.717) is 6.42 Å². The minimum absolute atomic E-state index is 0.204. The van der Waals surface area contributed by atoms with Gasteiger partial charge in [0.1, 0.15) is 24.4 Å². The Morgan fingerprint density at radius 2 is 1.07 bits per heavy atom. The van der Waals surface area contributed by atoms with Crippen LogP contribution in [0.1, 0.15) is 155 Å². The van der Waals surface area contributed by atoms with Crippen LogP contribution < -0.4 is 5.32 Å². The second kappa shape index (κ2) is 39.3. The summed E-state index contributed by atoms with van der Waals surface area (Å²) in [5.41, 5.74) is 0. The fourth-order valence-electron chi connectivity index (χ4n) is 6.47. The zero-order chi connectivity index (χ0) is 43.0. The molecule has 336 valence electrons. The SMILES string of the molecule is CC/C=C\C/C=C\C/C=C\C/C=C\C/C=C\C/C=C\CCCCCCCCCCC(=O)NC(COC1OC(CO)C(O)C(O)C1O)C(O)/C=C/CC/C=C/CCCCC. The molecule has 0 aromatic carbocycles. The van der Waals surface area contributed by atoms with Gasteiger partial charge in [-0.05, 0) is 83.5 Å². The summed E-state index contributed by atoms with van der Waals surface area (Å²) in [6.45, 7) is 3.55. The lowest BCUT2D eigenvalue weighted by molar-refractivity contribution is -0.302. The molecule has 0 aromatic heterocycles. The molecule has 1 heterocycles. The van der Waals surface area contributed by atoms with Crippen LogP contribution in [-0.2, 0) is 14.3 Å². The lowest BCUT2D eigenvalue weighted by Gasteiger charge is -2.40. The average molecular weight is 826 g/mol. The monoisotopic (exact) mass is 826 g/mol. The normalized spacial score (nSPS) is 21.6. The summed E-state index contributed by atoms with van der Waals surface area (Å²) in [5, 5.41) is 54.0. The van der Waals surface area contributed by atoms with Crippen molar-refractivity contribution in [2.75, 3.05) is 13.2 Å². The largest absolute Gasteiger partial charge is 0.394 e. The molecule has 7 unspecified atom stereocenters. The summed E-state index contributed by atoms with van der Waals surface area (Å²) >= 11 is 0. The molecule has 0 spiro atoms. The van der Waals surface area contributed by atoms with E-state index in [-0.39, 0.29) is 12.5 Å². The van der Waals surface area contributed by atoms with E-state index in [0.717, 1.165) is 89.9 Å². The van der Waals surface area contributed by atoms with Gasteiger partial charge in [0.2, 0.25) is 5.91 Å². The fourth-order valence-corrected chi connectivity index (χ4v) is 6.47. The topological polar surface area (TPSA) is 149 Å². The number of amides is 1. The molecule has 9 nitrogen and oxygen atoms in total. The zero-order valence-corrected chi connectivity index (χ0v) is 36.7. The van der Waals surface area contributed by atoms with Crippen LogP contribution >= 0.6 is 0 Å². The van der Waals surface area contributed by atoms with Gasteiger partial charge in [0.05, 0.1) is 25.4 Å². The van der Waals surface area contributed by atoms with Crippen molar-refractivity contribution < 1.29 is 39.8 Å².